The Morgan fingerprint density at radius 3 is 1.04 bits per heavy atom. The van der Waals surface area contributed by atoms with Crippen molar-refractivity contribution in [3.63, 3.8) is 0 Å². The van der Waals surface area contributed by atoms with Gasteiger partial charge >= 0.3 is 5.97 Å². The number of ether oxygens (including phenoxy) is 12. The summed E-state index contributed by atoms with van der Waals surface area (Å²) in [6, 6.07) is 9.67. The zero-order valence-corrected chi connectivity index (χ0v) is 32.8. The molecule has 310 valence electrons. The fourth-order valence-corrected chi connectivity index (χ4v) is 4.68. The number of carbonyl (C=O) groups is 1. The first-order valence-electron chi connectivity index (χ1n) is 19.9. The van der Waals surface area contributed by atoms with Crippen LogP contribution in [0.25, 0.3) is 0 Å². The predicted octanol–water partition coefficient (Wildman–Crippen LogP) is 5.70. The molecule has 0 unspecified atom stereocenters. The van der Waals surface area contributed by atoms with Gasteiger partial charge in [0.1, 0.15) is 19.0 Å². The van der Waals surface area contributed by atoms with Crippen LogP contribution in [0.15, 0.2) is 30.3 Å². The molecule has 0 aliphatic carbocycles. The molecule has 1 rings (SSSR count). The molecule has 0 bridgehead atoms. The van der Waals surface area contributed by atoms with Crippen LogP contribution in [0.3, 0.4) is 0 Å². The maximum Gasteiger partial charge on any atom is 0.305 e. The molecule has 0 spiro atoms. The van der Waals surface area contributed by atoms with Crippen molar-refractivity contribution in [3.05, 3.63) is 30.3 Å². The molecule has 0 fully saturated rings. The number of carbonyl (C=O) groups excluding carboxylic acids is 1. The first kappa shape index (κ1) is 49.1. The van der Waals surface area contributed by atoms with Gasteiger partial charge in [-0.2, -0.15) is 0 Å². The second kappa shape index (κ2) is 42.8. The molecule has 0 amide bonds. The number of esters is 1. The Balaban J connectivity index is 1.63. The zero-order chi connectivity index (χ0) is 37.8. The number of benzene rings is 1. The lowest BCUT2D eigenvalue weighted by molar-refractivity contribution is -0.145. The van der Waals surface area contributed by atoms with E-state index in [1.54, 1.807) is 0 Å². The van der Waals surface area contributed by atoms with E-state index in [1.165, 1.54) is 44.9 Å². The van der Waals surface area contributed by atoms with Gasteiger partial charge in [0.2, 0.25) is 0 Å². The van der Waals surface area contributed by atoms with E-state index in [9.17, 15) is 4.79 Å². The van der Waals surface area contributed by atoms with E-state index in [2.05, 4.69) is 6.92 Å². The fourth-order valence-electron chi connectivity index (χ4n) is 4.68. The molecule has 0 saturated heterocycles. The summed E-state index contributed by atoms with van der Waals surface area (Å²) in [7, 11) is 0. The van der Waals surface area contributed by atoms with E-state index >= 15 is 0 Å². The molecular formula is C40H72O13. The van der Waals surface area contributed by atoms with Gasteiger partial charge in [-0.05, 0) is 18.6 Å². The van der Waals surface area contributed by atoms with Crippen LogP contribution in [0.5, 0.6) is 5.75 Å². The molecule has 1 aromatic carbocycles. The lowest BCUT2D eigenvalue weighted by Gasteiger charge is -2.09. The first-order chi connectivity index (χ1) is 26.3. The highest BCUT2D eigenvalue weighted by atomic mass is 16.6. The Labute approximate surface area is 319 Å². The second-order valence-electron chi connectivity index (χ2n) is 12.1. The fraction of sp³-hybridized carbons (Fsp3) is 0.825. The Kier molecular flexibility index (Phi) is 39.7. The molecule has 13 nitrogen and oxygen atoms in total. The molecule has 1 aromatic rings. The van der Waals surface area contributed by atoms with Crippen LogP contribution in [0, 0.1) is 0 Å². The number of hydrogen-bond donors (Lipinski definition) is 0. The van der Waals surface area contributed by atoms with Crippen LogP contribution in [-0.2, 0) is 56.9 Å². The highest BCUT2D eigenvalue weighted by Gasteiger charge is 2.03. The predicted molar refractivity (Wildman–Crippen MR) is 203 cm³/mol. The van der Waals surface area contributed by atoms with Gasteiger partial charge in [0.15, 0.2) is 0 Å². The van der Waals surface area contributed by atoms with E-state index in [0.717, 1.165) is 18.6 Å². The topological polar surface area (TPSA) is 128 Å². The second-order valence-corrected chi connectivity index (χ2v) is 12.1. The maximum absolute atomic E-state index is 11.8. The van der Waals surface area contributed by atoms with Gasteiger partial charge in [0, 0.05) is 6.42 Å². The molecule has 0 radical (unpaired) electrons. The van der Waals surface area contributed by atoms with E-state index < -0.39 is 0 Å². The Hall–Kier alpha value is -1.91. The van der Waals surface area contributed by atoms with Crippen LogP contribution in [-0.4, -0.2) is 151 Å². The smallest absolute Gasteiger partial charge is 0.305 e. The number of para-hydroxylation sites is 1. The monoisotopic (exact) mass is 760 g/mol. The van der Waals surface area contributed by atoms with Gasteiger partial charge in [-0.15, -0.1) is 0 Å². The van der Waals surface area contributed by atoms with E-state index in [0.29, 0.717) is 145 Å². The summed E-state index contributed by atoms with van der Waals surface area (Å²) in [5, 5.41) is 0. The Bertz CT molecular complexity index is 849. The van der Waals surface area contributed by atoms with Gasteiger partial charge in [-0.25, -0.2) is 0 Å². The summed E-state index contributed by atoms with van der Waals surface area (Å²) in [6.07, 6.45) is 11.6. The van der Waals surface area contributed by atoms with Crippen LogP contribution in [0.4, 0.5) is 0 Å². The number of rotatable bonds is 44. The Morgan fingerprint density at radius 1 is 0.377 bits per heavy atom. The van der Waals surface area contributed by atoms with Gasteiger partial charge in [0.05, 0.1) is 132 Å². The highest BCUT2D eigenvalue weighted by molar-refractivity contribution is 5.69. The third-order valence-corrected chi connectivity index (χ3v) is 7.56. The van der Waals surface area contributed by atoms with Gasteiger partial charge in [-0.1, -0.05) is 76.5 Å². The van der Waals surface area contributed by atoms with Crippen molar-refractivity contribution in [1.29, 1.82) is 0 Å². The number of unbranched alkanes of at least 4 members (excludes halogenated alkanes) is 8. The van der Waals surface area contributed by atoms with Crippen LogP contribution in [0.2, 0.25) is 0 Å². The van der Waals surface area contributed by atoms with Crippen molar-refractivity contribution in [2.24, 2.45) is 0 Å². The van der Waals surface area contributed by atoms with Gasteiger partial charge in [-0.3, -0.25) is 4.79 Å². The minimum Gasteiger partial charge on any atom is -0.491 e. The molecule has 0 aliphatic rings. The highest BCUT2D eigenvalue weighted by Crippen LogP contribution is 2.11. The molecule has 0 aliphatic heterocycles. The Morgan fingerprint density at radius 2 is 0.679 bits per heavy atom. The van der Waals surface area contributed by atoms with Crippen LogP contribution < -0.4 is 4.74 Å². The zero-order valence-electron chi connectivity index (χ0n) is 32.8. The summed E-state index contributed by atoms with van der Waals surface area (Å²) >= 11 is 0. The lowest BCUT2D eigenvalue weighted by Crippen LogP contribution is -2.15. The summed E-state index contributed by atoms with van der Waals surface area (Å²) < 4.78 is 65.6. The van der Waals surface area contributed by atoms with Crippen molar-refractivity contribution in [2.75, 3.05) is 145 Å². The molecule has 0 aromatic heterocycles. The minimum atomic E-state index is -0.137. The van der Waals surface area contributed by atoms with E-state index in [-0.39, 0.29) is 12.6 Å². The summed E-state index contributed by atoms with van der Waals surface area (Å²) in [6.45, 7) is 12.9. The van der Waals surface area contributed by atoms with Gasteiger partial charge < -0.3 is 56.8 Å². The number of hydrogen-bond acceptors (Lipinski definition) is 13. The molecule has 53 heavy (non-hydrogen) atoms. The SMILES string of the molecule is CCCCCCCCCCCC(=O)OCCOCCOCCOCCOCCOCCOCCOCCOCCOCCOCCOc1ccccc1. The van der Waals surface area contributed by atoms with E-state index in [1.807, 2.05) is 30.3 Å². The summed E-state index contributed by atoms with van der Waals surface area (Å²) in [5.74, 6) is 0.705. The molecule has 0 heterocycles. The quantitative estimate of drug-likeness (QED) is 0.0597. The average Bonchev–Trinajstić information content (AvgIpc) is 3.17. The molecule has 0 N–H and O–H groups in total. The van der Waals surface area contributed by atoms with Gasteiger partial charge in [0.25, 0.3) is 0 Å². The van der Waals surface area contributed by atoms with Crippen LogP contribution in [0.1, 0.15) is 71.1 Å². The first-order valence-corrected chi connectivity index (χ1v) is 19.9. The third kappa shape index (κ3) is 39.6. The normalized spacial score (nSPS) is 11.3. The maximum atomic E-state index is 11.8. The lowest BCUT2D eigenvalue weighted by atomic mass is 10.1. The van der Waals surface area contributed by atoms with Crippen molar-refractivity contribution in [3.8, 4) is 5.75 Å². The minimum absolute atomic E-state index is 0.137. The summed E-state index contributed by atoms with van der Waals surface area (Å²) in [4.78, 5) is 11.8. The van der Waals surface area contributed by atoms with Crippen molar-refractivity contribution < 1.29 is 61.6 Å². The average molecular weight is 761 g/mol. The van der Waals surface area contributed by atoms with Crippen molar-refractivity contribution in [2.45, 2.75) is 71.1 Å². The van der Waals surface area contributed by atoms with E-state index in [4.69, 9.17) is 56.8 Å². The molecule has 0 saturated carbocycles. The van der Waals surface area contributed by atoms with Crippen LogP contribution >= 0.6 is 0 Å². The third-order valence-electron chi connectivity index (χ3n) is 7.56. The van der Waals surface area contributed by atoms with Crippen molar-refractivity contribution in [1.82, 2.24) is 0 Å². The van der Waals surface area contributed by atoms with Crippen molar-refractivity contribution >= 4 is 5.97 Å². The molecule has 13 heteroatoms. The molecular weight excluding hydrogens is 688 g/mol. The molecule has 0 atom stereocenters. The largest absolute Gasteiger partial charge is 0.491 e. The standard InChI is InChI=1S/C40H72O13/c1-2-3-4-5-6-7-8-9-13-16-40(41)53-38-36-51-34-32-49-30-28-47-26-24-45-22-20-43-18-17-42-19-21-44-23-25-46-27-29-48-31-33-50-35-37-52-39-14-11-10-12-15-39/h10-12,14-15H,2-9,13,16-38H2,1H3. The summed E-state index contributed by atoms with van der Waals surface area (Å²) in [5.41, 5.74) is 0.